The summed E-state index contributed by atoms with van der Waals surface area (Å²) >= 11 is 0. The Morgan fingerprint density at radius 2 is 2.47 bits per heavy atom. The van der Waals surface area contributed by atoms with Crippen molar-refractivity contribution in [2.24, 2.45) is 0 Å². The van der Waals surface area contributed by atoms with E-state index in [0.29, 0.717) is 0 Å². The van der Waals surface area contributed by atoms with Crippen molar-refractivity contribution in [3.8, 4) is 0 Å². The van der Waals surface area contributed by atoms with Crippen LogP contribution in [0, 0.1) is 0 Å². The van der Waals surface area contributed by atoms with E-state index in [1.54, 1.807) is 4.57 Å². The third-order valence-electron chi connectivity index (χ3n) is 2.90. The van der Waals surface area contributed by atoms with Gasteiger partial charge >= 0.3 is 5.69 Å². The first-order valence-electron chi connectivity index (χ1n) is 5.71. The summed E-state index contributed by atoms with van der Waals surface area (Å²) in [4.78, 5) is 11.5. The van der Waals surface area contributed by atoms with E-state index in [9.17, 15) is 4.79 Å². The first kappa shape index (κ1) is 10.4. The molecule has 1 aromatic rings. The minimum atomic E-state index is -0.0767. The normalized spacial score (nSPS) is 21.0. The van der Waals surface area contributed by atoms with Crippen LogP contribution in [-0.4, -0.2) is 21.3 Å². The van der Waals surface area contributed by atoms with Crippen molar-refractivity contribution in [2.45, 2.75) is 45.2 Å². The highest BCUT2D eigenvalue weighted by atomic mass is 16.1. The summed E-state index contributed by atoms with van der Waals surface area (Å²) in [6.07, 6.45) is 4.37. The summed E-state index contributed by atoms with van der Waals surface area (Å²) in [6, 6.07) is 0.265. The van der Waals surface area contributed by atoms with E-state index in [-0.39, 0.29) is 11.7 Å². The van der Waals surface area contributed by atoms with Crippen LogP contribution in [0.1, 0.15) is 44.5 Å². The van der Waals surface area contributed by atoms with Crippen molar-refractivity contribution in [3.05, 3.63) is 16.3 Å². The lowest BCUT2D eigenvalue weighted by atomic mass is 10.2. The number of hydrogen-bond acceptors (Lipinski definition) is 3. The summed E-state index contributed by atoms with van der Waals surface area (Å²) in [5.74, 6) is 0.881. The van der Waals surface area contributed by atoms with Crippen LogP contribution < -0.4 is 11.0 Å². The van der Waals surface area contributed by atoms with Crippen molar-refractivity contribution in [2.75, 3.05) is 6.54 Å². The highest BCUT2D eigenvalue weighted by molar-refractivity contribution is 4.97. The third-order valence-corrected chi connectivity index (χ3v) is 2.90. The molecule has 15 heavy (non-hydrogen) atoms. The molecule has 2 N–H and O–H groups in total. The maximum absolute atomic E-state index is 11.5. The van der Waals surface area contributed by atoms with Gasteiger partial charge in [-0.1, -0.05) is 13.3 Å². The number of nitrogens with one attached hydrogen (secondary N) is 2. The van der Waals surface area contributed by atoms with Gasteiger partial charge < -0.3 is 5.32 Å². The Hall–Kier alpha value is -1.10. The van der Waals surface area contributed by atoms with E-state index >= 15 is 0 Å². The van der Waals surface area contributed by atoms with Crippen molar-refractivity contribution < 1.29 is 0 Å². The average Bonchev–Trinajstić information content (AvgIpc) is 2.84. The van der Waals surface area contributed by atoms with Gasteiger partial charge in [0.05, 0.1) is 6.04 Å². The second-order valence-electron chi connectivity index (χ2n) is 4.04. The van der Waals surface area contributed by atoms with Gasteiger partial charge in [0.2, 0.25) is 0 Å². The molecular formula is C10H18N4O. The average molecular weight is 210 g/mol. The number of H-pyrrole nitrogens is 1. The number of aromatic amines is 1. The lowest BCUT2D eigenvalue weighted by Gasteiger charge is -2.10. The van der Waals surface area contributed by atoms with Crippen molar-refractivity contribution >= 4 is 0 Å². The van der Waals surface area contributed by atoms with Gasteiger partial charge in [-0.3, -0.25) is 4.57 Å². The van der Waals surface area contributed by atoms with Gasteiger partial charge in [-0.25, -0.2) is 9.89 Å². The number of aromatic nitrogens is 3. The predicted molar refractivity (Wildman–Crippen MR) is 57.7 cm³/mol. The van der Waals surface area contributed by atoms with E-state index in [4.69, 9.17) is 0 Å². The Labute approximate surface area is 88.9 Å². The zero-order chi connectivity index (χ0) is 10.7. The van der Waals surface area contributed by atoms with Crippen LogP contribution in [0.2, 0.25) is 0 Å². The van der Waals surface area contributed by atoms with Gasteiger partial charge in [0.1, 0.15) is 0 Å². The number of hydrogen-bond donors (Lipinski definition) is 2. The van der Waals surface area contributed by atoms with Gasteiger partial charge in [0, 0.05) is 6.54 Å². The molecule has 1 aliphatic rings. The molecule has 0 aliphatic carbocycles. The summed E-state index contributed by atoms with van der Waals surface area (Å²) in [6.45, 7) is 3.93. The van der Waals surface area contributed by atoms with Crippen LogP contribution in [0.15, 0.2) is 4.79 Å². The maximum atomic E-state index is 11.5. The quantitative estimate of drug-likeness (QED) is 0.772. The molecule has 0 saturated carbocycles. The Bertz CT molecular complexity index is 362. The molecule has 0 amide bonds. The maximum Gasteiger partial charge on any atom is 0.343 e. The highest BCUT2D eigenvalue weighted by Crippen LogP contribution is 2.19. The van der Waals surface area contributed by atoms with E-state index in [2.05, 4.69) is 22.4 Å². The van der Waals surface area contributed by atoms with Crippen LogP contribution in [0.25, 0.3) is 0 Å². The molecule has 5 heteroatoms. The SMILES string of the molecule is CCCCn1c(C2CCCN2)n[nH]c1=O. The Morgan fingerprint density at radius 3 is 3.13 bits per heavy atom. The zero-order valence-corrected chi connectivity index (χ0v) is 9.12. The molecule has 1 unspecified atom stereocenters. The fraction of sp³-hybridized carbons (Fsp3) is 0.800. The van der Waals surface area contributed by atoms with Crippen LogP contribution in [0.5, 0.6) is 0 Å². The molecule has 1 aromatic heterocycles. The van der Waals surface area contributed by atoms with Crippen LogP contribution in [-0.2, 0) is 6.54 Å². The Kier molecular flexibility index (Phi) is 3.20. The molecule has 2 heterocycles. The van der Waals surface area contributed by atoms with E-state index in [1.165, 1.54) is 6.42 Å². The molecular weight excluding hydrogens is 192 g/mol. The number of unbranched alkanes of at least 4 members (excludes halogenated alkanes) is 1. The molecule has 1 aliphatic heterocycles. The van der Waals surface area contributed by atoms with Gasteiger partial charge in [-0.2, -0.15) is 5.10 Å². The molecule has 1 saturated heterocycles. The molecule has 2 rings (SSSR count). The van der Waals surface area contributed by atoms with E-state index in [1.807, 2.05) is 0 Å². The topological polar surface area (TPSA) is 62.7 Å². The van der Waals surface area contributed by atoms with Gasteiger partial charge in [0.25, 0.3) is 0 Å². The molecule has 0 bridgehead atoms. The summed E-state index contributed by atoms with van der Waals surface area (Å²) in [7, 11) is 0. The van der Waals surface area contributed by atoms with Crippen molar-refractivity contribution in [3.63, 3.8) is 0 Å². The number of nitrogens with zero attached hydrogens (tertiary/aromatic N) is 2. The molecule has 1 atom stereocenters. The Balaban J connectivity index is 2.18. The van der Waals surface area contributed by atoms with Gasteiger partial charge in [-0.15, -0.1) is 0 Å². The third kappa shape index (κ3) is 2.12. The lowest BCUT2D eigenvalue weighted by Crippen LogP contribution is -2.23. The van der Waals surface area contributed by atoms with E-state index < -0.39 is 0 Å². The minimum absolute atomic E-state index is 0.0767. The standard InChI is InChI=1S/C10H18N4O/c1-2-3-7-14-9(12-13-10(14)15)8-5-4-6-11-8/h8,11H,2-7H2,1H3,(H,13,15). The van der Waals surface area contributed by atoms with Crippen molar-refractivity contribution in [1.82, 2.24) is 20.1 Å². The lowest BCUT2D eigenvalue weighted by molar-refractivity contribution is 0.523. The fourth-order valence-electron chi connectivity index (χ4n) is 2.03. The Morgan fingerprint density at radius 1 is 1.60 bits per heavy atom. The van der Waals surface area contributed by atoms with Crippen LogP contribution >= 0.6 is 0 Å². The van der Waals surface area contributed by atoms with Gasteiger partial charge in [-0.05, 0) is 25.8 Å². The molecule has 5 nitrogen and oxygen atoms in total. The molecule has 0 spiro atoms. The second kappa shape index (κ2) is 4.61. The first-order valence-corrected chi connectivity index (χ1v) is 5.71. The number of rotatable bonds is 4. The van der Waals surface area contributed by atoms with Crippen molar-refractivity contribution in [1.29, 1.82) is 0 Å². The smallest absolute Gasteiger partial charge is 0.307 e. The second-order valence-corrected chi connectivity index (χ2v) is 4.04. The predicted octanol–water partition coefficient (Wildman–Crippen LogP) is 0.796. The van der Waals surface area contributed by atoms with Crippen LogP contribution in [0.4, 0.5) is 0 Å². The minimum Gasteiger partial charge on any atom is -0.307 e. The van der Waals surface area contributed by atoms with E-state index in [0.717, 1.165) is 38.2 Å². The zero-order valence-electron chi connectivity index (χ0n) is 9.12. The molecule has 84 valence electrons. The first-order chi connectivity index (χ1) is 7.33. The van der Waals surface area contributed by atoms with Gasteiger partial charge in [0.15, 0.2) is 5.82 Å². The molecule has 0 aromatic carbocycles. The summed E-state index contributed by atoms with van der Waals surface area (Å²) < 4.78 is 1.77. The summed E-state index contributed by atoms with van der Waals surface area (Å²) in [5.41, 5.74) is -0.0767. The highest BCUT2D eigenvalue weighted by Gasteiger charge is 2.22. The largest absolute Gasteiger partial charge is 0.343 e. The summed E-state index contributed by atoms with van der Waals surface area (Å²) in [5, 5.41) is 10.0. The monoisotopic (exact) mass is 210 g/mol. The molecule has 1 fully saturated rings. The van der Waals surface area contributed by atoms with Crippen LogP contribution in [0.3, 0.4) is 0 Å². The fourth-order valence-corrected chi connectivity index (χ4v) is 2.03. The molecule has 0 radical (unpaired) electrons.